The van der Waals surface area contributed by atoms with Gasteiger partial charge in [0.05, 0.1) is 13.2 Å². The molecule has 0 atom stereocenters. The van der Waals surface area contributed by atoms with Gasteiger partial charge in [-0.25, -0.2) is 0 Å². The second-order valence-corrected chi connectivity index (χ2v) is 7.18. The van der Waals surface area contributed by atoms with Crippen molar-refractivity contribution in [2.75, 3.05) is 18.1 Å². The van der Waals surface area contributed by atoms with Crippen LogP contribution in [0.4, 0.5) is 11.6 Å². The fourth-order valence-corrected chi connectivity index (χ4v) is 3.70. The summed E-state index contributed by atoms with van der Waals surface area (Å²) in [5, 5.41) is 12.7. The number of ether oxygens (including phenoxy) is 1. The van der Waals surface area contributed by atoms with E-state index in [1.54, 1.807) is 0 Å². The molecule has 1 N–H and O–H groups in total. The summed E-state index contributed by atoms with van der Waals surface area (Å²) < 4.78 is 6.95. The van der Waals surface area contributed by atoms with E-state index in [0.29, 0.717) is 32.2 Å². The number of anilines is 2. The predicted molar refractivity (Wildman–Crippen MR) is 106 cm³/mol. The van der Waals surface area contributed by atoms with Gasteiger partial charge >= 0.3 is 0 Å². The third kappa shape index (κ3) is 3.48. The highest BCUT2D eigenvalue weighted by Crippen LogP contribution is 2.28. The zero-order chi connectivity index (χ0) is 19.5. The lowest BCUT2D eigenvalue weighted by Gasteiger charge is -2.17. The van der Waals surface area contributed by atoms with E-state index in [4.69, 9.17) is 4.74 Å². The molecule has 0 saturated heterocycles. The summed E-state index contributed by atoms with van der Waals surface area (Å²) in [6.07, 6.45) is 0. The summed E-state index contributed by atoms with van der Waals surface area (Å²) in [7, 11) is 0. The Morgan fingerprint density at radius 1 is 1.21 bits per heavy atom. The fraction of sp³-hybridized carbons (Fsp3) is 0.263. The van der Waals surface area contributed by atoms with Crippen molar-refractivity contribution < 1.29 is 9.53 Å². The van der Waals surface area contributed by atoms with E-state index < -0.39 is 11.5 Å². The lowest BCUT2D eigenvalue weighted by atomic mass is 10.3. The van der Waals surface area contributed by atoms with Crippen molar-refractivity contribution in [1.82, 2.24) is 20.1 Å². The second kappa shape index (κ2) is 7.81. The Morgan fingerprint density at radius 3 is 2.75 bits per heavy atom. The molecule has 1 aromatic carbocycles. The predicted octanol–water partition coefficient (Wildman–Crippen LogP) is 2.18. The molecule has 0 spiro atoms. The first kappa shape index (κ1) is 18.2. The summed E-state index contributed by atoms with van der Waals surface area (Å²) in [4.78, 5) is 28.0. The number of benzene rings is 1. The van der Waals surface area contributed by atoms with Crippen molar-refractivity contribution in [2.24, 2.45) is 0 Å². The Bertz CT molecular complexity index is 1030. The third-order valence-corrected chi connectivity index (χ3v) is 5.27. The first-order chi connectivity index (χ1) is 13.7. The van der Waals surface area contributed by atoms with Gasteiger partial charge in [-0.3, -0.25) is 14.2 Å². The first-order valence-electron chi connectivity index (χ1n) is 8.96. The molecule has 1 aliphatic rings. The van der Waals surface area contributed by atoms with Gasteiger partial charge in [0.15, 0.2) is 0 Å². The maximum atomic E-state index is 12.7. The molecule has 0 saturated carbocycles. The summed E-state index contributed by atoms with van der Waals surface area (Å²) in [5.41, 5.74) is 0.272. The Kier molecular flexibility index (Phi) is 5.07. The van der Waals surface area contributed by atoms with Gasteiger partial charge in [0, 0.05) is 23.7 Å². The highest BCUT2D eigenvalue weighted by Gasteiger charge is 2.27. The molecule has 144 valence electrons. The number of fused-ring (bicyclic) bond motifs is 1. The normalized spacial score (nSPS) is 12.7. The number of hydrogen-bond donors (Lipinski definition) is 1. The van der Waals surface area contributed by atoms with Gasteiger partial charge < -0.3 is 15.0 Å². The van der Waals surface area contributed by atoms with Gasteiger partial charge in [0.25, 0.3) is 11.5 Å². The maximum Gasteiger partial charge on any atom is 0.286 e. The van der Waals surface area contributed by atoms with Crippen molar-refractivity contribution in [3.63, 3.8) is 0 Å². The van der Waals surface area contributed by atoms with E-state index in [1.165, 1.54) is 15.9 Å². The van der Waals surface area contributed by atoms with Crippen LogP contribution in [0.3, 0.4) is 0 Å². The van der Waals surface area contributed by atoms with Crippen LogP contribution in [0.15, 0.2) is 46.6 Å². The number of aromatic nitrogens is 3. The van der Waals surface area contributed by atoms with Gasteiger partial charge in [-0.2, -0.15) is 0 Å². The van der Waals surface area contributed by atoms with Crippen molar-refractivity contribution in [3.8, 4) is 5.75 Å². The molecule has 1 aliphatic heterocycles. The third-order valence-electron chi connectivity index (χ3n) is 4.39. The highest BCUT2D eigenvalue weighted by molar-refractivity contribution is 7.09. The molecule has 2 aromatic heterocycles. The minimum absolute atomic E-state index is 0.186. The van der Waals surface area contributed by atoms with E-state index in [1.807, 2.05) is 53.6 Å². The number of rotatable bonds is 6. The molecule has 3 aromatic rings. The van der Waals surface area contributed by atoms with Crippen LogP contribution in [0, 0.1) is 0 Å². The second-order valence-electron chi connectivity index (χ2n) is 6.15. The summed E-state index contributed by atoms with van der Waals surface area (Å²) in [6, 6.07) is 11.4. The van der Waals surface area contributed by atoms with Gasteiger partial charge in [0.2, 0.25) is 11.6 Å². The molecule has 3 heterocycles. The Hall–Kier alpha value is -3.20. The Labute approximate surface area is 165 Å². The summed E-state index contributed by atoms with van der Waals surface area (Å²) in [6.45, 7) is 3.92. The number of nitrogens with zero attached hydrogens (tertiary/aromatic N) is 4. The smallest absolute Gasteiger partial charge is 0.286 e. The van der Waals surface area contributed by atoms with Crippen LogP contribution < -0.4 is 20.5 Å². The van der Waals surface area contributed by atoms with Crippen molar-refractivity contribution in [1.29, 1.82) is 0 Å². The number of nitrogens with one attached hydrogen (secondary N) is 1. The van der Waals surface area contributed by atoms with Crippen LogP contribution in [0.2, 0.25) is 0 Å². The summed E-state index contributed by atoms with van der Waals surface area (Å²) >= 11 is 1.54. The Balaban J connectivity index is 1.54. The molecule has 0 fully saturated rings. The average Bonchev–Trinajstić information content (AvgIpc) is 3.37. The SMILES string of the molecule is CCOc1ccc(N2CCn3c2nnc(C(=O)NCc2cccs2)c3=O)cc1. The molecular weight excluding hydrogens is 378 g/mol. The molecule has 8 nitrogen and oxygen atoms in total. The molecule has 0 aliphatic carbocycles. The van der Waals surface area contributed by atoms with Gasteiger partial charge in [-0.15, -0.1) is 21.5 Å². The first-order valence-corrected chi connectivity index (χ1v) is 9.84. The molecule has 0 bridgehead atoms. The maximum absolute atomic E-state index is 12.7. The Morgan fingerprint density at radius 2 is 2.04 bits per heavy atom. The van der Waals surface area contributed by atoms with Gasteiger partial charge in [0.1, 0.15) is 5.75 Å². The molecule has 9 heteroatoms. The van der Waals surface area contributed by atoms with Crippen LogP contribution in [0.1, 0.15) is 22.3 Å². The van der Waals surface area contributed by atoms with E-state index >= 15 is 0 Å². The fourth-order valence-electron chi connectivity index (χ4n) is 3.05. The van der Waals surface area contributed by atoms with Crippen LogP contribution in [0.5, 0.6) is 5.75 Å². The quantitative estimate of drug-likeness (QED) is 0.686. The van der Waals surface area contributed by atoms with E-state index in [0.717, 1.165) is 16.3 Å². The molecule has 0 radical (unpaired) electrons. The number of thiophene rings is 1. The van der Waals surface area contributed by atoms with E-state index in [9.17, 15) is 9.59 Å². The zero-order valence-corrected chi connectivity index (χ0v) is 16.1. The molecular formula is C19H19N5O3S. The largest absolute Gasteiger partial charge is 0.494 e. The standard InChI is InChI=1S/C19H19N5O3S/c1-2-27-14-7-5-13(6-8-14)23-9-10-24-18(26)16(21-22-19(23)24)17(25)20-12-15-4-3-11-28-15/h3-8,11H,2,9-10,12H2,1H3,(H,20,25). The zero-order valence-electron chi connectivity index (χ0n) is 15.3. The average molecular weight is 397 g/mol. The number of carbonyl (C=O) groups is 1. The number of amides is 1. The number of hydrogen-bond acceptors (Lipinski definition) is 7. The molecule has 0 unspecified atom stereocenters. The molecule has 4 rings (SSSR count). The minimum atomic E-state index is -0.513. The van der Waals surface area contributed by atoms with Crippen molar-refractivity contribution in [2.45, 2.75) is 20.0 Å². The van der Waals surface area contributed by atoms with E-state index in [2.05, 4.69) is 15.5 Å². The lowest BCUT2D eigenvalue weighted by molar-refractivity contribution is 0.0943. The number of carbonyl (C=O) groups excluding carboxylic acids is 1. The lowest BCUT2D eigenvalue weighted by Crippen LogP contribution is -2.34. The van der Waals surface area contributed by atoms with Crippen molar-refractivity contribution in [3.05, 3.63) is 62.7 Å². The van der Waals surface area contributed by atoms with Crippen LogP contribution in [-0.2, 0) is 13.1 Å². The minimum Gasteiger partial charge on any atom is -0.494 e. The summed E-state index contributed by atoms with van der Waals surface area (Å²) in [5.74, 6) is 0.705. The monoisotopic (exact) mass is 397 g/mol. The van der Waals surface area contributed by atoms with Crippen LogP contribution in [-0.4, -0.2) is 33.8 Å². The highest BCUT2D eigenvalue weighted by atomic mass is 32.1. The van der Waals surface area contributed by atoms with Gasteiger partial charge in [-0.1, -0.05) is 6.07 Å². The van der Waals surface area contributed by atoms with Crippen molar-refractivity contribution >= 4 is 28.9 Å². The molecule has 1 amide bonds. The topological polar surface area (TPSA) is 89.3 Å². The molecule has 28 heavy (non-hydrogen) atoms. The van der Waals surface area contributed by atoms with Crippen LogP contribution in [0.25, 0.3) is 0 Å². The van der Waals surface area contributed by atoms with Crippen LogP contribution >= 0.6 is 11.3 Å². The van der Waals surface area contributed by atoms with E-state index in [-0.39, 0.29) is 5.69 Å². The van der Waals surface area contributed by atoms with Gasteiger partial charge in [-0.05, 0) is 42.6 Å².